The SMILES string of the molecule is COC(=O)C(CNC(=O)C(=O)O)NC(=O)c1ccc(Nc2nc(NC3(c4ccc(Cl)cc4)CC3)nc(OCC(F)(F)F)n2)cc1. The van der Waals surface area contributed by atoms with Gasteiger partial charge in [-0.2, -0.15) is 28.1 Å². The van der Waals surface area contributed by atoms with Crippen molar-refractivity contribution in [1.29, 1.82) is 0 Å². The van der Waals surface area contributed by atoms with E-state index in [1.807, 2.05) is 17.4 Å². The number of carboxylic acid groups (broad SMARTS) is 1. The van der Waals surface area contributed by atoms with Gasteiger partial charge in [0, 0.05) is 22.8 Å². The Bertz CT molecular complexity index is 1570. The molecule has 1 heterocycles. The summed E-state index contributed by atoms with van der Waals surface area (Å²) < 4.78 is 47.9. The minimum absolute atomic E-state index is 0.0445. The largest absolute Gasteiger partial charge is 0.474 e. The van der Waals surface area contributed by atoms with E-state index in [1.54, 1.807) is 12.1 Å². The fourth-order valence-electron chi connectivity index (χ4n) is 3.95. The summed E-state index contributed by atoms with van der Waals surface area (Å²) in [6.07, 6.45) is -3.23. The molecular formula is C27H25ClF3N7O7. The summed E-state index contributed by atoms with van der Waals surface area (Å²) >= 11 is 5.99. The number of rotatable bonds is 12. The number of aromatic nitrogens is 3. The topological polar surface area (TPSA) is 194 Å². The van der Waals surface area contributed by atoms with Crippen LogP contribution in [0.4, 0.5) is 30.8 Å². The molecular weight excluding hydrogens is 627 g/mol. The second-order valence-corrected chi connectivity index (χ2v) is 10.1. The van der Waals surface area contributed by atoms with Crippen LogP contribution in [0.15, 0.2) is 48.5 Å². The summed E-state index contributed by atoms with van der Waals surface area (Å²) in [5.74, 6) is -5.05. The maximum absolute atomic E-state index is 12.8. The Labute approximate surface area is 257 Å². The van der Waals surface area contributed by atoms with E-state index in [4.69, 9.17) is 21.4 Å². The summed E-state index contributed by atoms with van der Waals surface area (Å²) in [6, 6.07) is 10.7. The Hall–Kier alpha value is -5.19. The lowest BCUT2D eigenvalue weighted by Gasteiger charge is -2.19. The van der Waals surface area contributed by atoms with Crippen molar-refractivity contribution >= 4 is 52.9 Å². The molecule has 1 aromatic heterocycles. The molecule has 3 aromatic rings. The summed E-state index contributed by atoms with van der Waals surface area (Å²) in [7, 11) is 1.05. The van der Waals surface area contributed by atoms with Gasteiger partial charge in [0.15, 0.2) is 6.61 Å². The van der Waals surface area contributed by atoms with Crippen molar-refractivity contribution in [2.24, 2.45) is 0 Å². The van der Waals surface area contributed by atoms with Crippen molar-refractivity contribution in [3.8, 4) is 6.01 Å². The van der Waals surface area contributed by atoms with Gasteiger partial charge in [0.25, 0.3) is 5.91 Å². The number of halogens is 4. The number of ether oxygens (including phenoxy) is 2. The predicted molar refractivity (Wildman–Crippen MR) is 151 cm³/mol. The van der Waals surface area contributed by atoms with E-state index in [-0.39, 0.29) is 17.5 Å². The van der Waals surface area contributed by atoms with Gasteiger partial charge in [0.05, 0.1) is 12.6 Å². The van der Waals surface area contributed by atoms with Crippen LogP contribution >= 0.6 is 11.6 Å². The summed E-state index contributed by atoms with van der Waals surface area (Å²) in [4.78, 5) is 58.9. The second-order valence-electron chi connectivity index (χ2n) is 9.65. The third-order valence-electron chi connectivity index (χ3n) is 6.33. The van der Waals surface area contributed by atoms with Crippen LogP contribution in [0.5, 0.6) is 6.01 Å². The quantitative estimate of drug-likeness (QED) is 0.142. The zero-order valence-electron chi connectivity index (χ0n) is 23.3. The number of alkyl halides is 3. The minimum atomic E-state index is -4.64. The number of hydrogen-bond acceptors (Lipinski definition) is 11. The number of nitrogens with zero attached hydrogens (tertiary/aromatic N) is 3. The number of nitrogens with one attached hydrogen (secondary N) is 4. The van der Waals surface area contributed by atoms with Crippen molar-refractivity contribution < 1.29 is 46.9 Å². The highest BCUT2D eigenvalue weighted by atomic mass is 35.5. The summed E-state index contributed by atoms with van der Waals surface area (Å²) in [5.41, 5.74) is 0.706. The van der Waals surface area contributed by atoms with Crippen LogP contribution in [-0.4, -0.2) is 76.3 Å². The van der Waals surface area contributed by atoms with Crippen molar-refractivity contribution in [3.63, 3.8) is 0 Å². The minimum Gasteiger partial charge on any atom is -0.474 e. The average molecular weight is 652 g/mol. The Morgan fingerprint density at radius 2 is 1.64 bits per heavy atom. The standard InChI is InChI=1S/C27H25ClF3N7O7/c1-44-22(43)18(12-32-20(40)21(41)42)34-19(39)14-2-8-17(9-3-14)33-23-35-24(37-25(36-23)45-13-27(29,30)31)38-26(10-11-26)15-4-6-16(28)7-5-15/h2-9,18H,10-13H2,1H3,(H,32,40)(H,34,39)(H,41,42)(H2,33,35,36,37,38). The lowest BCUT2D eigenvalue weighted by Crippen LogP contribution is -2.49. The van der Waals surface area contributed by atoms with Gasteiger partial charge in [0.2, 0.25) is 11.9 Å². The third kappa shape index (κ3) is 9.15. The zero-order chi connectivity index (χ0) is 32.8. The molecule has 0 radical (unpaired) electrons. The highest BCUT2D eigenvalue weighted by Gasteiger charge is 2.45. The number of hydrogen-bond donors (Lipinski definition) is 5. The smallest absolute Gasteiger partial charge is 0.422 e. The molecule has 45 heavy (non-hydrogen) atoms. The molecule has 4 rings (SSSR count). The number of anilines is 3. The zero-order valence-corrected chi connectivity index (χ0v) is 24.0. The van der Waals surface area contributed by atoms with E-state index in [2.05, 4.69) is 35.6 Å². The van der Waals surface area contributed by atoms with Gasteiger partial charge in [-0.15, -0.1) is 0 Å². The fourth-order valence-corrected chi connectivity index (χ4v) is 4.08. The van der Waals surface area contributed by atoms with Crippen LogP contribution in [0.2, 0.25) is 5.02 Å². The lowest BCUT2D eigenvalue weighted by atomic mass is 10.1. The number of methoxy groups -OCH3 is 1. The molecule has 1 unspecified atom stereocenters. The van der Waals surface area contributed by atoms with Crippen LogP contribution in [-0.2, 0) is 24.7 Å². The number of carbonyl (C=O) groups is 4. The highest BCUT2D eigenvalue weighted by molar-refractivity contribution is 6.31. The van der Waals surface area contributed by atoms with Gasteiger partial charge < -0.3 is 35.8 Å². The molecule has 238 valence electrons. The van der Waals surface area contributed by atoms with Gasteiger partial charge >= 0.3 is 30.0 Å². The average Bonchev–Trinajstić information content (AvgIpc) is 3.78. The molecule has 1 saturated carbocycles. The van der Waals surface area contributed by atoms with Crippen LogP contribution in [0.25, 0.3) is 0 Å². The number of carbonyl (C=O) groups excluding carboxylic acids is 3. The van der Waals surface area contributed by atoms with E-state index in [1.165, 1.54) is 24.3 Å². The molecule has 1 aliphatic carbocycles. The van der Waals surface area contributed by atoms with Crippen molar-refractivity contribution in [2.75, 3.05) is 30.9 Å². The Morgan fingerprint density at radius 3 is 2.22 bits per heavy atom. The first kappa shape index (κ1) is 32.7. The van der Waals surface area contributed by atoms with Crippen molar-refractivity contribution in [1.82, 2.24) is 25.6 Å². The molecule has 0 saturated heterocycles. The highest BCUT2D eigenvalue weighted by Crippen LogP contribution is 2.48. The van der Waals surface area contributed by atoms with Crippen molar-refractivity contribution in [3.05, 3.63) is 64.7 Å². The molecule has 2 aromatic carbocycles. The Kier molecular flexibility index (Phi) is 9.91. The monoisotopic (exact) mass is 651 g/mol. The van der Waals surface area contributed by atoms with E-state index in [0.29, 0.717) is 23.6 Å². The maximum Gasteiger partial charge on any atom is 0.422 e. The van der Waals surface area contributed by atoms with Crippen LogP contribution in [0.3, 0.4) is 0 Å². The number of benzene rings is 2. The summed E-state index contributed by atoms with van der Waals surface area (Å²) in [5, 5.41) is 19.5. The molecule has 0 aliphatic heterocycles. The van der Waals surface area contributed by atoms with Gasteiger partial charge in [0.1, 0.15) is 6.04 Å². The maximum atomic E-state index is 12.8. The van der Waals surface area contributed by atoms with Crippen LogP contribution in [0, 0.1) is 0 Å². The molecule has 1 atom stereocenters. The van der Waals surface area contributed by atoms with E-state index in [9.17, 15) is 32.3 Å². The van der Waals surface area contributed by atoms with Gasteiger partial charge in [-0.25, -0.2) is 9.59 Å². The normalized spacial score (nSPS) is 14.0. The number of amides is 2. The predicted octanol–water partition coefficient (Wildman–Crippen LogP) is 2.78. The molecule has 1 aliphatic rings. The molecule has 2 amide bonds. The molecule has 5 N–H and O–H groups in total. The molecule has 0 spiro atoms. The van der Waals surface area contributed by atoms with Gasteiger partial charge in [-0.05, 0) is 54.8 Å². The first-order valence-corrected chi connectivity index (χ1v) is 13.4. The first-order chi connectivity index (χ1) is 21.3. The molecule has 18 heteroatoms. The van der Waals surface area contributed by atoms with Crippen LogP contribution in [0.1, 0.15) is 28.8 Å². The van der Waals surface area contributed by atoms with Gasteiger partial charge in [-0.3, -0.25) is 9.59 Å². The Balaban J connectivity index is 1.49. The van der Waals surface area contributed by atoms with E-state index in [0.717, 1.165) is 12.7 Å². The number of aliphatic carboxylic acids is 1. The number of esters is 1. The van der Waals surface area contributed by atoms with E-state index < -0.39 is 60.7 Å². The molecule has 14 nitrogen and oxygen atoms in total. The van der Waals surface area contributed by atoms with E-state index >= 15 is 0 Å². The van der Waals surface area contributed by atoms with Gasteiger partial charge in [-0.1, -0.05) is 23.7 Å². The van der Waals surface area contributed by atoms with Crippen LogP contribution < -0.4 is 26.0 Å². The van der Waals surface area contributed by atoms with Crippen molar-refractivity contribution in [2.45, 2.75) is 30.6 Å². The molecule has 0 bridgehead atoms. The second kappa shape index (κ2) is 13.6. The fraction of sp³-hybridized carbons (Fsp3) is 0.296. The first-order valence-electron chi connectivity index (χ1n) is 13.0. The third-order valence-corrected chi connectivity index (χ3v) is 6.58. The lowest BCUT2D eigenvalue weighted by molar-refractivity contribution is -0.154. The number of carboxylic acids is 1. The Morgan fingerprint density at radius 1 is 1.00 bits per heavy atom. The summed E-state index contributed by atoms with van der Waals surface area (Å²) in [6.45, 7) is -2.18. The molecule has 1 fully saturated rings.